The molecule has 2 nitrogen and oxygen atoms in total. The third kappa shape index (κ3) is 1.94. The fraction of sp³-hybridized carbons (Fsp3) is 0.333. The average molecular weight is 241 g/mol. The van der Waals surface area contributed by atoms with E-state index < -0.39 is 12.0 Å². The van der Waals surface area contributed by atoms with E-state index in [2.05, 4.69) is 25.9 Å². The third-order valence-corrected chi connectivity index (χ3v) is 1.95. The van der Waals surface area contributed by atoms with Crippen molar-refractivity contribution in [2.24, 2.45) is 0 Å². The number of aryl methyl sites for hydroxylation is 1. The maximum atomic E-state index is 12.0. The van der Waals surface area contributed by atoms with Crippen LogP contribution in [0.2, 0.25) is 0 Å². The summed E-state index contributed by atoms with van der Waals surface area (Å²) in [5.41, 5.74) is 0.275. The molecule has 0 saturated heterocycles. The summed E-state index contributed by atoms with van der Waals surface area (Å²) in [6.07, 6.45) is -3.38. The van der Waals surface area contributed by atoms with E-state index >= 15 is 0 Å². The average Bonchev–Trinajstić information content (AvgIpc) is 1.92. The zero-order valence-electron chi connectivity index (χ0n) is 5.98. The number of rotatable bonds is 0. The van der Waals surface area contributed by atoms with Gasteiger partial charge in [-0.25, -0.2) is 9.97 Å². The molecule has 0 aromatic carbocycles. The van der Waals surface area contributed by atoms with Crippen LogP contribution >= 0.6 is 15.9 Å². The molecule has 0 amide bonds. The minimum atomic E-state index is -4.47. The van der Waals surface area contributed by atoms with Crippen LogP contribution < -0.4 is 0 Å². The van der Waals surface area contributed by atoms with Gasteiger partial charge in [0.2, 0.25) is 5.82 Å². The highest BCUT2D eigenvalue weighted by atomic mass is 79.9. The van der Waals surface area contributed by atoms with E-state index in [0.29, 0.717) is 4.47 Å². The van der Waals surface area contributed by atoms with Crippen molar-refractivity contribution < 1.29 is 13.2 Å². The summed E-state index contributed by atoms with van der Waals surface area (Å²) in [6, 6.07) is 0. The largest absolute Gasteiger partial charge is 0.451 e. The van der Waals surface area contributed by atoms with E-state index in [9.17, 15) is 13.2 Å². The molecule has 6 heteroatoms. The summed E-state index contributed by atoms with van der Waals surface area (Å²) in [4.78, 5) is 6.39. The van der Waals surface area contributed by atoms with Crippen molar-refractivity contribution in [2.75, 3.05) is 0 Å². The molecule has 0 atom stereocenters. The summed E-state index contributed by atoms with van der Waals surface area (Å²) in [6.45, 7) is 1.47. The molecule has 1 rings (SSSR count). The Hall–Kier alpha value is -0.650. The predicted molar refractivity (Wildman–Crippen MR) is 39.5 cm³/mol. The fourth-order valence-corrected chi connectivity index (χ4v) is 0.780. The zero-order valence-corrected chi connectivity index (χ0v) is 7.57. The summed E-state index contributed by atoms with van der Waals surface area (Å²) in [5.74, 6) is -1.11. The molecule has 0 aliphatic rings. The van der Waals surface area contributed by atoms with Gasteiger partial charge in [0.05, 0.1) is 10.2 Å². The first-order valence-electron chi connectivity index (χ1n) is 2.97. The van der Waals surface area contributed by atoms with Crippen LogP contribution in [0, 0.1) is 6.92 Å². The van der Waals surface area contributed by atoms with Crippen LogP contribution in [0.5, 0.6) is 0 Å². The Morgan fingerprint density at radius 1 is 1.42 bits per heavy atom. The number of hydrogen-bond acceptors (Lipinski definition) is 2. The van der Waals surface area contributed by atoms with Crippen LogP contribution in [0.25, 0.3) is 0 Å². The second-order valence-electron chi connectivity index (χ2n) is 2.12. The van der Waals surface area contributed by atoms with E-state index in [1.165, 1.54) is 6.92 Å². The molecule has 0 bridgehead atoms. The topological polar surface area (TPSA) is 25.8 Å². The molecular weight excluding hydrogens is 237 g/mol. The second kappa shape index (κ2) is 3.01. The van der Waals surface area contributed by atoms with Crippen molar-refractivity contribution in [1.29, 1.82) is 0 Å². The van der Waals surface area contributed by atoms with Gasteiger partial charge in [0.1, 0.15) is 0 Å². The minimum Gasteiger partial charge on any atom is -0.232 e. The molecule has 1 aromatic heterocycles. The Balaban J connectivity index is 3.14. The van der Waals surface area contributed by atoms with Crippen molar-refractivity contribution >= 4 is 15.9 Å². The summed E-state index contributed by atoms with van der Waals surface area (Å²) in [7, 11) is 0. The van der Waals surface area contributed by atoms with Crippen LogP contribution in [0.3, 0.4) is 0 Å². The van der Waals surface area contributed by atoms with E-state index in [0.717, 1.165) is 6.20 Å². The highest BCUT2D eigenvalue weighted by molar-refractivity contribution is 9.10. The van der Waals surface area contributed by atoms with E-state index in [-0.39, 0.29) is 5.69 Å². The molecule has 0 aliphatic heterocycles. The summed E-state index contributed by atoms with van der Waals surface area (Å²) >= 11 is 3.00. The Kier molecular flexibility index (Phi) is 2.36. The maximum Gasteiger partial charge on any atom is 0.451 e. The van der Waals surface area contributed by atoms with Gasteiger partial charge in [-0.15, -0.1) is 0 Å². The highest BCUT2D eigenvalue weighted by Gasteiger charge is 2.34. The fourth-order valence-electron chi connectivity index (χ4n) is 0.589. The molecule has 1 heterocycles. The molecule has 66 valence electrons. The van der Waals surface area contributed by atoms with Gasteiger partial charge in [0.15, 0.2) is 0 Å². The van der Waals surface area contributed by atoms with Gasteiger partial charge in [0.25, 0.3) is 0 Å². The first kappa shape index (κ1) is 9.44. The molecule has 0 saturated carbocycles. The lowest BCUT2D eigenvalue weighted by Crippen LogP contribution is -2.11. The molecule has 0 radical (unpaired) electrons. The van der Waals surface area contributed by atoms with E-state index in [1.54, 1.807) is 0 Å². The summed E-state index contributed by atoms with van der Waals surface area (Å²) < 4.78 is 36.3. The zero-order chi connectivity index (χ0) is 9.35. The van der Waals surface area contributed by atoms with Gasteiger partial charge in [-0.05, 0) is 22.9 Å². The van der Waals surface area contributed by atoms with Gasteiger partial charge >= 0.3 is 6.18 Å². The van der Waals surface area contributed by atoms with E-state index in [4.69, 9.17) is 0 Å². The number of hydrogen-bond donors (Lipinski definition) is 0. The van der Waals surface area contributed by atoms with Gasteiger partial charge in [0, 0.05) is 6.20 Å². The quantitative estimate of drug-likeness (QED) is 0.697. The van der Waals surface area contributed by atoms with Crippen molar-refractivity contribution in [3.8, 4) is 0 Å². The van der Waals surface area contributed by atoms with Gasteiger partial charge in [-0.3, -0.25) is 0 Å². The van der Waals surface area contributed by atoms with Gasteiger partial charge in [-0.2, -0.15) is 13.2 Å². The van der Waals surface area contributed by atoms with Gasteiger partial charge in [-0.1, -0.05) is 0 Å². The van der Waals surface area contributed by atoms with Gasteiger partial charge < -0.3 is 0 Å². The number of alkyl halides is 3. The Morgan fingerprint density at radius 2 is 2.00 bits per heavy atom. The Bertz CT molecular complexity index is 297. The predicted octanol–water partition coefficient (Wildman–Crippen LogP) is 2.57. The Morgan fingerprint density at radius 3 is 2.42 bits per heavy atom. The lowest BCUT2D eigenvalue weighted by Gasteiger charge is -2.04. The lowest BCUT2D eigenvalue weighted by molar-refractivity contribution is -0.145. The van der Waals surface area contributed by atoms with Crippen molar-refractivity contribution in [2.45, 2.75) is 13.1 Å². The van der Waals surface area contributed by atoms with Crippen molar-refractivity contribution in [3.05, 3.63) is 22.2 Å². The van der Waals surface area contributed by atoms with E-state index in [1.807, 2.05) is 0 Å². The van der Waals surface area contributed by atoms with Crippen LogP contribution in [0.15, 0.2) is 10.7 Å². The second-order valence-corrected chi connectivity index (χ2v) is 2.98. The highest BCUT2D eigenvalue weighted by Crippen LogP contribution is 2.26. The maximum absolute atomic E-state index is 12.0. The van der Waals surface area contributed by atoms with Crippen LogP contribution in [0.4, 0.5) is 13.2 Å². The lowest BCUT2D eigenvalue weighted by atomic mass is 10.4. The normalized spacial score (nSPS) is 11.8. The molecule has 0 aliphatic carbocycles. The first-order chi connectivity index (χ1) is 5.41. The molecule has 12 heavy (non-hydrogen) atoms. The standard InChI is InChI=1S/C6H4BrF3N2/c1-3-4(7)2-11-5(12-3)6(8,9)10/h2H,1H3. The Labute approximate surface area is 75.0 Å². The van der Waals surface area contributed by atoms with Crippen molar-refractivity contribution in [1.82, 2.24) is 9.97 Å². The molecule has 0 fully saturated rings. The third-order valence-electron chi connectivity index (χ3n) is 1.17. The smallest absolute Gasteiger partial charge is 0.232 e. The van der Waals surface area contributed by atoms with Crippen LogP contribution in [-0.4, -0.2) is 9.97 Å². The number of halogens is 4. The van der Waals surface area contributed by atoms with Crippen LogP contribution in [0.1, 0.15) is 11.5 Å². The minimum absolute atomic E-state index is 0.275. The number of aromatic nitrogens is 2. The number of nitrogens with zero attached hydrogens (tertiary/aromatic N) is 2. The molecule has 0 spiro atoms. The molecule has 1 aromatic rings. The van der Waals surface area contributed by atoms with Crippen LogP contribution in [-0.2, 0) is 6.18 Å². The molecule has 0 N–H and O–H groups in total. The SMILES string of the molecule is Cc1nc(C(F)(F)F)ncc1Br. The molecular formula is C6H4BrF3N2. The first-order valence-corrected chi connectivity index (χ1v) is 3.77. The van der Waals surface area contributed by atoms with Crippen molar-refractivity contribution in [3.63, 3.8) is 0 Å². The molecule has 0 unspecified atom stereocenters. The summed E-state index contributed by atoms with van der Waals surface area (Å²) in [5, 5.41) is 0. The monoisotopic (exact) mass is 240 g/mol.